The summed E-state index contributed by atoms with van der Waals surface area (Å²) in [6.45, 7) is -0.282. The van der Waals surface area contributed by atoms with Gasteiger partial charge in [-0.1, -0.05) is 11.8 Å². The van der Waals surface area contributed by atoms with E-state index in [1.54, 1.807) is 0 Å². The minimum absolute atomic E-state index is 0.0451. The second kappa shape index (κ2) is 7.73. The van der Waals surface area contributed by atoms with Crippen LogP contribution in [0, 0.1) is 17.7 Å². The molecular formula is C13H15FN2O4S. The van der Waals surface area contributed by atoms with Gasteiger partial charge in [0, 0.05) is 18.7 Å². The Hall–Kier alpha value is -1.95. The number of hydrogen-bond donors (Lipinski definition) is 3. The van der Waals surface area contributed by atoms with Gasteiger partial charge in [-0.2, -0.15) is 0 Å². The third-order valence-electron chi connectivity index (χ3n) is 2.30. The van der Waals surface area contributed by atoms with E-state index in [1.807, 2.05) is 0 Å². The van der Waals surface area contributed by atoms with Crippen molar-refractivity contribution in [2.45, 2.75) is 0 Å². The molecule has 0 unspecified atom stereocenters. The first-order chi connectivity index (χ1) is 9.83. The number of benzene rings is 1. The highest BCUT2D eigenvalue weighted by Crippen LogP contribution is 2.10. The molecule has 21 heavy (non-hydrogen) atoms. The minimum Gasteiger partial charge on any atom is -0.384 e. The maximum Gasteiger partial charge on any atom is 0.252 e. The van der Waals surface area contributed by atoms with Crippen LogP contribution in [0.4, 0.5) is 4.39 Å². The van der Waals surface area contributed by atoms with E-state index in [9.17, 15) is 17.6 Å². The molecule has 3 N–H and O–H groups in total. The van der Waals surface area contributed by atoms with Crippen molar-refractivity contribution in [2.24, 2.45) is 0 Å². The molecule has 0 saturated heterocycles. The second-order valence-electron chi connectivity index (χ2n) is 4.07. The summed E-state index contributed by atoms with van der Waals surface area (Å²) in [6, 6.07) is 3.48. The van der Waals surface area contributed by atoms with Crippen LogP contribution in [-0.2, 0) is 10.0 Å². The Bertz CT molecular complexity index is 677. The van der Waals surface area contributed by atoms with Crippen molar-refractivity contribution in [3.8, 4) is 11.8 Å². The normalized spacial score (nSPS) is 10.6. The monoisotopic (exact) mass is 314 g/mol. The van der Waals surface area contributed by atoms with E-state index in [1.165, 1.54) is 6.07 Å². The van der Waals surface area contributed by atoms with Crippen LogP contribution >= 0.6 is 0 Å². The first-order valence-electron chi connectivity index (χ1n) is 5.95. The van der Waals surface area contributed by atoms with Crippen LogP contribution in [0.2, 0.25) is 0 Å². The zero-order valence-electron chi connectivity index (χ0n) is 11.3. The summed E-state index contributed by atoms with van der Waals surface area (Å²) in [4.78, 5) is 11.9. The molecule has 8 heteroatoms. The molecule has 0 aliphatic rings. The molecule has 1 aromatic carbocycles. The smallest absolute Gasteiger partial charge is 0.252 e. The maximum atomic E-state index is 13.1. The fourth-order valence-electron chi connectivity index (χ4n) is 1.46. The van der Waals surface area contributed by atoms with Crippen LogP contribution in [-0.4, -0.2) is 45.4 Å². The Morgan fingerprint density at radius 2 is 2.10 bits per heavy atom. The van der Waals surface area contributed by atoms with Crippen molar-refractivity contribution < 1.29 is 22.7 Å². The molecule has 114 valence electrons. The van der Waals surface area contributed by atoms with E-state index in [0.717, 1.165) is 18.4 Å². The quantitative estimate of drug-likeness (QED) is 0.502. The molecule has 0 spiro atoms. The maximum absolute atomic E-state index is 13.1. The van der Waals surface area contributed by atoms with Gasteiger partial charge in [-0.3, -0.25) is 4.79 Å². The van der Waals surface area contributed by atoms with E-state index in [-0.39, 0.29) is 24.2 Å². The Labute approximate surface area is 122 Å². The predicted molar refractivity (Wildman–Crippen MR) is 75.5 cm³/mol. The van der Waals surface area contributed by atoms with Gasteiger partial charge in [0.2, 0.25) is 10.0 Å². The number of rotatable bonds is 5. The third-order valence-corrected chi connectivity index (χ3v) is 3.03. The van der Waals surface area contributed by atoms with Gasteiger partial charge in [-0.25, -0.2) is 17.5 Å². The van der Waals surface area contributed by atoms with Gasteiger partial charge in [0.25, 0.3) is 5.91 Å². The van der Waals surface area contributed by atoms with Gasteiger partial charge in [0.15, 0.2) is 0 Å². The van der Waals surface area contributed by atoms with Crippen molar-refractivity contribution in [2.75, 3.05) is 26.0 Å². The third kappa shape index (κ3) is 6.35. The molecular weight excluding hydrogens is 299 g/mol. The molecule has 0 aliphatic carbocycles. The zero-order chi connectivity index (χ0) is 15.9. The molecule has 0 heterocycles. The highest BCUT2D eigenvalue weighted by atomic mass is 32.2. The van der Waals surface area contributed by atoms with Crippen LogP contribution in [0.3, 0.4) is 0 Å². The summed E-state index contributed by atoms with van der Waals surface area (Å²) in [5, 5.41) is 11.1. The molecule has 0 bridgehead atoms. The Balaban J connectivity index is 2.74. The SMILES string of the molecule is CS(=O)(=O)NCCNC(=O)c1ccc(F)cc1C#CCO. The van der Waals surface area contributed by atoms with Gasteiger partial charge in [-0.15, -0.1) is 0 Å². The van der Waals surface area contributed by atoms with Crippen molar-refractivity contribution in [1.82, 2.24) is 10.0 Å². The summed E-state index contributed by atoms with van der Waals surface area (Å²) >= 11 is 0. The first kappa shape index (κ1) is 17.1. The summed E-state index contributed by atoms with van der Waals surface area (Å²) in [5.41, 5.74) is 0.300. The van der Waals surface area contributed by atoms with Crippen LogP contribution in [0.25, 0.3) is 0 Å². The lowest BCUT2D eigenvalue weighted by Gasteiger charge is -2.07. The standard InChI is InChI=1S/C13H15FN2O4S/c1-21(19,20)16-7-6-15-13(18)12-5-4-11(14)9-10(12)3-2-8-17/h4-5,9,16-17H,6-8H2,1H3,(H,15,18). The fourth-order valence-corrected chi connectivity index (χ4v) is 1.93. The summed E-state index contributed by atoms with van der Waals surface area (Å²) < 4.78 is 37.1. The van der Waals surface area contributed by atoms with Gasteiger partial charge in [0.1, 0.15) is 12.4 Å². The zero-order valence-corrected chi connectivity index (χ0v) is 12.1. The molecule has 0 saturated carbocycles. The number of nitrogens with one attached hydrogen (secondary N) is 2. The number of amides is 1. The van der Waals surface area contributed by atoms with Crippen molar-refractivity contribution in [3.05, 3.63) is 35.1 Å². The van der Waals surface area contributed by atoms with E-state index in [0.29, 0.717) is 0 Å². The van der Waals surface area contributed by atoms with E-state index >= 15 is 0 Å². The van der Waals surface area contributed by atoms with Crippen LogP contribution in [0.15, 0.2) is 18.2 Å². The topological polar surface area (TPSA) is 95.5 Å². The van der Waals surface area contributed by atoms with Crippen LogP contribution in [0.1, 0.15) is 15.9 Å². The Morgan fingerprint density at radius 1 is 1.38 bits per heavy atom. The lowest BCUT2D eigenvalue weighted by Crippen LogP contribution is -2.34. The Kier molecular flexibility index (Phi) is 6.30. The molecule has 0 aliphatic heterocycles. The molecule has 0 radical (unpaired) electrons. The highest BCUT2D eigenvalue weighted by molar-refractivity contribution is 7.88. The van der Waals surface area contributed by atoms with Gasteiger partial charge < -0.3 is 10.4 Å². The number of carbonyl (C=O) groups excluding carboxylic acids is 1. The van der Waals surface area contributed by atoms with Gasteiger partial charge >= 0.3 is 0 Å². The lowest BCUT2D eigenvalue weighted by atomic mass is 10.1. The van der Waals surface area contributed by atoms with Gasteiger partial charge in [-0.05, 0) is 18.2 Å². The first-order valence-corrected chi connectivity index (χ1v) is 7.85. The molecule has 1 amide bonds. The number of hydrogen-bond acceptors (Lipinski definition) is 4. The van der Waals surface area contributed by atoms with E-state index in [2.05, 4.69) is 21.9 Å². The summed E-state index contributed by atoms with van der Waals surface area (Å²) in [6.07, 6.45) is 1.01. The van der Waals surface area contributed by atoms with E-state index < -0.39 is 28.4 Å². The van der Waals surface area contributed by atoms with Crippen molar-refractivity contribution in [3.63, 3.8) is 0 Å². The summed E-state index contributed by atoms with van der Waals surface area (Å²) in [7, 11) is -3.31. The average molecular weight is 314 g/mol. The predicted octanol–water partition coefficient (Wildman–Crippen LogP) is -0.552. The molecule has 1 rings (SSSR count). The van der Waals surface area contributed by atoms with Crippen molar-refractivity contribution >= 4 is 15.9 Å². The average Bonchev–Trinajstić information content (AvgIpc) is 2.40. The largest absolute Gasteiger partial charge is 0.384 e. The minimum atomic E-state index is -3.31. The van der Waals surface area contributed by atoms with Crippen LogP contribution < -0.4 is 10.0 Å². The number of carbonyl (C=O) groups is 1. The number of aliphatic hydroxyl groups is 1. The Morgan fingerprint density at radius 3 is 2.71 bits per heavy atom. The molecule has 1 aromatic rings. The molecule has 0 atom stereocenters. The van der Waals surface area contributed by atoms with Gasteiger partial charge in [0.05, 0.1) is 11.8 Å². The lowest BCUT2D eigenvalue weighted by molar-refractivity contribution is 0.0954. The number of sulfonamides is 1. The number of halogens is 1. The number of aliphatic hydroxyl groups excluding tert-OH is 1. The van der Waals surface area contributed by atoms with E-state index in [4.69, 9.17) is 5.11 Å². The van der Waals surface area contributed by atoms with Crippen LogP contribution in [0.5, 0.6) is 0 Å². The molecule has 0 fully saturated rings. The highest BCUT2D eigenvalue weighted by Gasteiger charge is 2.11. The molecule has 6 nitrogen and oxygen atoms in total. The van der Waals surface area contributed by atoms with Crippen molar-refractivity contribution in [1.29, 1.82) is 0 Å². The molecule has 0 aromatic heterocycles. The second-order valence-corrected chi connectivity index (χ2v) is 5.91. The summed E-state index contributed by atoms with van der Waals surface area (Å²) in [5.74, 6) is 3.77. The fraction of sp³-hybridized carbons (Fsp3) is 0.308.